The highest BCUT2D eigenvalue weighted by Gasteiger charge is 2.33. The predicted molar refractivity (Wildman–Crippen MR) is 161 cm³/mol. The van der Waals surface area contributed by atoms with E-state index in [1.54, 1.807) is 37.3 Å². The number of benzene rings is 2. The molecule has 0 unspecified atom stereocenters. The van der Waals surface area contributed by atoms with E-state index in [-0.39, 0.29) is 23.1 Å². The minimum Gasteiger partial charge on any atom is -0.335 e. The molecule has 0 aliphatic heterocycles. The smallest absolute Gasteiger partial charge is 0.335 e. The summed E-state index contributed by atoms with van der Waals surface area (Å²) in [4.78, 5) is 31.3. The number of aromatic nitrogens is 4. The van der Waals surface area contributed by atoms with Crippen molar-refractivity contribution < 1.29 is 22.4 Å². The maximum absolute atomic E-state index is 14.0. The highest BCUT2D eigenvalue weighted by molar-refractivity contribution is 5.83. The third kappa shape index (κ3) is 6.33. The van der Waals surface area contributed by atoms with Crippen LogP contribution >= 0.6 is 0 Å². The first kappa shape index (κ1) is 30.8. The van der Waals surface area contributed by atoms with E-state index in [0.717, 1.165) is 58.0 Å². The summed E-state index contributed by atoms with van der Waals surface area (Å²) in [7, 11) is 6.47. The van der Waals surface area contributed by atoms with E-state index >= 15 is 0 Å². The summed E-state index contributed by atoms with van der Waals surface area (Å²) in [5.41, 5.74) is 0.178. The summed E-state index contributed by atoms with van der Waals surface area (Å²) in [5, 5.41) is 7.43. The molecule has 9 nitrogen and oxygen atoms in total. The summed E-state index contributed by atoms with van der Waals surface area (Å²) in [6.07, 6.45) is 0.316. The molecular formula is C32H35F3N7O2+. The number of nitrogens with zero attached hydrogens (tertiary/aromatic N) is 6. The van der Waals surface area contributed by atoms with E-state index in [1.165, 1.54) is 23.0 Å². The van der Waals surface area contributed by atoms with Crippen LogP contribution in [0.2, 0.25) is 0 Å². The fraction of sp³-hybridized carbons (Fsp3) is 0.375. The molecule has 4 aromatic rings. The number of quaternary nitrogens is 1. The van der Waals surface area contributed by atoms with Gasteiger partial charge in [0.2, 0.25) is 0 Å². The van der Waals surface area contributed by atoms with Gasteiger partial charge in [0.05, 0.1) is 68.8 Å². The molecular weight excluding hydrogens is 571 g/mol. The van der Waals surface area contributed by atoms with Crippen LogP contribution in [-0.2, 0) is 6.18 Å². The third-order valence-electron chi connectivity index (χ3n) is 8.01. The molecule has 0 saturated heterocycles. The van der Waals surface area contributed by atoms with Crippen LogP contribution in [0.5, 0.6) is 0 Å². The Labute approximate surface area is 253 Å². The fourth-order valence-electron chi connectivity index (χ4n) is 6.08. The van der Waals surface area contributed by atoms with Crippen molar-refractivity contribution in [2.75, 3.05) is 27.7 Å². The predicted octanol–water partition coefficient (Wildman–Crippen LogP) is 6.19. The van der Waals surface area contributed by atoms with E-state index in [4.69, 9.17) is 6.57 Å². The molecule has 0 radical (unpaired) electrons. The second kappa shape index (κ2) is 11.8. The molecule has 0 spiro atoms. The monoisotopic (exact) mass is 606 g/mol. The molecule has 2 aromatic carbocycles. The quantitative estimate of drug-likeness (QED) is 0.210. The highest BCUT2D eigenvalue weighted by atomic mass is 19.4. The lowest BCUT2D eigenvalue weighted by Gasteiger charge is -2.34. The number of rotatable bonds is 6. The van der Waals surface area contributed by atoms with E-state index in [1.807, 2.05) is 0 Å². The minimum absolute atomic E-state index is 0.0107. The molecule has 0 bridgehead atoms. The zero-order chi connectivity index (χ0) is 31.8. The van der Waals surface area contributed by atoms with Gasteiger partial charge in [-0.15, -0.1) is 0 Å². The molecule has 230 valence electrons. The number of halogens is 3. The second-order valence-corrected chi connectivity index (χ2v) is 12.3. The topological polar surface area (TPSA) is 78.2 Å². The standard InChI is InChI=1S/C32H34F3N7O2/c1-21-29(28-17-18-37-41(28)26-15-13-24(36-2)14-16-26)40(30(43)38-25-11-9-22(10-12-25)20-42(3,4)5)31(44)39(21)27-8-6-7-23(19-27)32(33,34)35/h6-8,13-19,22,25H,9-12,20H2,1,3-5H3/p+1. The summed E-state index contributed by atoms with van der Waals surface area (Å²) in [5.74, 6) is 0.536. The highest BCUT2D eigenvalue weighted by Crippen LogP contribution is 2.32. The summed E-state index contributed by atoms with van der Waals surface area (Å²) >= 11 is 0. The number of carbonyl (C=O) groups is 1. The van der Waals surface area contributed by atoms with Gasteiger partial charge in [0, 0.05) is 12.0 Å². The molecule has 0 atom stereocenters. The Balaban J connectivity index is 1.58. The molecule has 2 heterocycles. The van der Waals surface area contributed by atoms with Crippen LogP contribution in [0.4, 0.5) is 23.7 Å². The molecule has 1 N–H and O–H groups in total. The van der Waals surface area contributed by atoms with Crippen molar-refractivity contribution in [1.29, 1.82) is 0 Å². The second-order valence-electron chi connectivity index (χ2n) is 12.3. The van der Waals surface area contributed by atoms with Gasteiger partial charge in [0.1, 0.15) is 5.69 Å². The van der Waals surface area contributed by atoms with Crippen LogP contribution in [0, 0.1) is 19.4 Å². The number of hydrogen-bond acceptors (Lipinski definition) is 3. The first-order chi connectivity index (χ1) is 20.8. The molecule has 1 amide bonds. The first-order valence-corrected chi connectivity index (χ1v) is 14.4. The number of carbonyl (C=O) groups excluding carboxylic acids is 1. The first-order valence-electron chi connectivity index (χ1n) is 14.4. The molecule has 12 heteroatoms. The van der Waals surface area contributed by atoms with Gasteiger partial charge >= 0.3 is 17.9 Å². The van der Waals surface area contributed by atoms with Gasteiger partial charge in [-0.1, -0.05) is 18.2 Å². The Morgan fingerprint density at radius 3 is 2.34 bits per heavy atom. The van der Waals surface area contributed by atoms with Crippen molar-refractivity contribution in [3.05, 3.63) is 94.0 Å². The average molecular weight is 607 g/mol. The normalized spacial score (nSPS) is 17.3. The molecule has 1 aliphatic rings. The van der Waals surface area contributed by atoms with Gasteiger partial charge in [0.15, 0.2) is 5.69 Å². The number of hydrogen-bond donors (Lipinski definition) is 1. The number of imidazole rings is 1. The van der Waals surface area contributed by atoms with E-state index < -0.39 is 23.5 Å². The molecule has 5 rings (SSSR count). The van der Waals surface area contributed by atoms with Crippen LogP contribution in [-0.4, -0.2) is 63.2 Å². The van der Waals surface area contributed by atoms with Gasteiger partial charge in [-0.2, -0.15) is 18.3 Å². The van der Waals surface area contributed by atoms with Crippen molar-refractivity contribution in [2.45, 2.75) is 44.8 Å². The zero-order valence-corrected chi connectivity index (χ0v) is 25.1. The Morgan fingerprint density at radius 2 is 1.73 bits per heavy atom. The van der Waals surface area contributed by atoms with E-state index in [0.29, 0.717) is 23.0 Å². The van der Waals surface area contributed by atoms with Crippen LogP contribution in [0.1, 0.15) is 36.9 Å². The van der Waals surface area contributed by atoms with Gasteiger partial charge in [-0.25, -0.2) is 23.7 Å². The van der Waals surface area contributed by atoms with E-state index in [9.17, 15) is 22.8 Å². The van der Waals surface area contributed by atoms with Crippen LogP contribution in [0.25, 0.3) is 27.6 Å². The maximum atomic E-state index is 14.0. The van der Waals surface area contributed by atoms with Gasteiger partial charge in [0.25, 0.3) is 0 Å². The lowest BCUT2D eigenvalue weighted by molar-refractivity contribution is -0.874. The molecule has 1 aliphatic carbocycles. The van der Waals surface area contributed by atoms with Crippen molar-refractivity contribution in [3.8, 4) is 22.8 Å². The van der Waals surface area contributed by atoms with Crippen LogP contribution in [0.15, 0.2) is 65.6 Å². The SMILES string of the molecule is [C-]#[N+]c1ccc(-n2nccc2-c2c(C)n(-c3cccc(C(F)(F)F)c3)c(=O)n2C(=O)NC2CCC(C[N+](C)(C)C)CC2)cc1. The molecule has 44 heavy (non-hydrogen) atoms. The minimum atomic E-state index is -4.61. The lowest BCUT2D eigenvalue weighted by Crippen LogP contribution is -2.45. The largest absolute Gasteiger partial charge is 0.416 e. The van der Waals surface area contributed by atoms with Crippen LogP contribution < -0.4 is 11.0 Å². The van der Waals surface area contributed by atoms with E-state index in [2.05, 4.69) is 36.4 Å². The third-order valence-corrected chi connectivity index (χ3v) is 8.01. The Kier molecular flexibility index (Phi) is 8.27. The summed E-state index contributed by atoms with van der Waals surface area (Å²) in [6.45, 7) is 9.86. The Morgan fingerprint density at radius 1 is 1.05 bits per heavy atom. The molecule has 1 saturated carbocycles. The lowest BCUT2D eigenvalue weighted by atomic mass is 9.85. The van der Waals surface area contributed by atoms with Gasteiger partial charge in [-0.3, -0.25) is 4.57 Å². The van der Waals surface area contributed by atoms with Crippen molar-refractivity contribution in [1.82, 2.24) is 24.2 Å². The zero-order valence-electron chi connectivity index (χ0n) is 25.1. The van der Waals surface area contributed by atoms with Crippen molar-refractivity contribution >= 4 is 11.7 Å². The molecule has 1 fully saturated rings. The van der Waals surface area contributed by atoms with Gasteiger partial charge in [-0.05, 0) is 69.0 Å². The Bertz CT molecular complexity index is 1760. The van der Waals surface area contributed by atoms with Crippen molar-refractivity contribution in [2.24, 2.45) is 5.92 Å². The average Bonchev–Trinajstić information content (AvgIpc) is 3.54. The number of nitrogens with one attached hydrogen (secondary N) is 1. The summed E-state index contributed by atoms with van der Waals surface area (Å²) < 4.78 is 45.3. The number of amides is 1. The number of alkyl halides is 3. The molecule has 2 aromatic heterocycles. The Hall–Kier alpha value is -4.63. The maximum Gasteiger partial charge on any atom is 0.416 e. The van der Waals surface area contributed by atoms with Gasteiger partial charge < -0.3 is 9.80 Å². The van der Waals surface area contributed by atoms with Crippen molar-refractivity contribution in [3.63, 3.8) is 0 Å². The summed E-state index contributed by atoms with van der Waals surface area (Å²) in [6, 6.07) is 12.0. The fourth-order valence-corrected chi connectivity index (χ4v) is 6.08. The van der Waals surface area contributed by atoms with Crippen LogP contribution in [0.3, 0.4) is 0 Å².